The van der Waals surface area contributed by atoms with E-state index in [1.54, 1.807) is 0 Å². The van der Waals surface area contributed by atoms with Gasteiger partial charge in [0, 0.05) is 17.6 Å². The van der Waals surface area contributed by atoms with E-state index < -0.39 is 0 Å². The summed E-state index contributed by atoms with van der Waals surface area (Å²) in [4.78, 5) is 14.8. The molecule has 20 heavy (non-hydrogen) atoms. The third-order valence-electron chi connectivity index (χ3n) is 5.12. The van der Waals surface area contributed by atoms with Gasteiger partial charge in [0.05, 0.1) is 12.0 Å². The van der Waals surface area contributed by atoms with Crippen molar-refractivity contribution in [1.82, 2.24) is 10.2 Å². The number of halogens is 1. The van der Waals surface area contributed by atoms with Crippen LogP contribution in [0.5, 0.6) is 0 Å². The number of nitrogens with zero attached hydrogens (tertiary/aromatic N) is 1. The number of rotatable bonds is 0. The smallest absolute Gasteiger partial charge is 0.227 e. The summed E-state index contributed by atoms with van der Waals surface area (Å²) in [6.45, 7) is 1.90. The molecule has 0 aromatic heterocycles. The number of piperidine rings is 2. The van der Waals surface area contributed by atoms with Crippen molar-refractivity contribution < 1.29 is 4.79 Å². The number of carbonyl (C=O) groups is 1. The molecule has 0 radical (unpaired) electrons. The minimum atomic E-state index is 0.203. The third kappa shape index (κ3) is 1.87. The molecule has 4 rings (SSSR count). The van der Waals surface area contributed by atoms with Crippen LogP contribution in [-0.4, -0.2) is 29.9 Å². The molecule has 2 saturated heterocycles. The zero-order valence-corrected chi connectivity index (χ0v) is 12.2. The lowest BCUT2D eigenvalue weighted by Crippen LogP contribution is -2.57. The number of nitrogens with one attached hydrogen (secondary N) is 1. The summed E-state index contributed by atoms with van der Waals surface area (Å²) in [5, 5.41) is 4.35. The highest BCUT2D eigenvalue weighted by Gasteiger charge is 2.44. The fourth-order valence-corrected chi connectivity index (χ4v) is 4.34. The predicted octanol–water partition coefficient (Wildman–Crippen LogP) is 2.54. The van der Waals surface area contributed by atoms with Crippen molar-refractivity contribution in [3.63, 3.8) is 0 Å². The molecular weight excluding hydrogens is 272 g/mol. The molecule has 1 aromatic rings. The Hall–Kier alpha value is -1.06. The van der Waals surface area contributed by atoms with E-state index in [9.17, 15) is 4.79 Å². The van der Waals surface area contributed by atoms with Crippen LogP contribution < -0.4 is 5.32 Å². The zero-order chi connectivity index (χ0) is 13.7. The Bertz CT molecular complexity index is 559. The second-order valence-electron chi connectivity index (χ2n) is 6.19. The minimum absolute atomic E-state index is 0.203. The van der Waals surface area contributed by atoms with Crippen LogP contribution in [0.1, 0.15) is 36.4 Å². The van der Waals surface area contributed by atoms with Gasteiger partial charge >= 0.3 is 0 Å². The van der Waals surface area contributed by atoms with Crippen LogP contribution in [0.15, 0.2) is 18.2 Å². The van der Waals surface area contributed by atoms with Crippen molar-refractivity contribution in [1.29, 1.82) is 0 Å². The van der Waals surface area contributed by atoms with E-state index in [1.807, 2.05) is 6.07 Å². The van der Waals surface area contributed by atoms with Crippen LogP contribution in [-0.2, 0) is 11.2 Å². The summed E-state index contributed by atoms with van der Waals surface area (Å²) in [6, 6.07) is 6.74. The van der Waals surface area contributed by atoms with Crippen LogP contribution in [0.2, 0.25) is 5.02 Å². The van der Waals surface area contributed by atoms with Gasteiger partial charge in [-0.05, 0) is 55.5 Å². The van der Waals surface area contributed by atoms with Crippen molar-refractivity contribution in [2.24, 2.45) is 5.92 Å². The highest BCUT2D eigenvalue weighted by molar-refractivity contribution is 6.30. The van der Waals surface area contributed by atoms with Crippen molar-refractivity contribution in [3.8, 4) is 0 Å². The van der Waals surface area contributed by atoms with E-state index in [-0.39, 0.29) is 12.0 Å². The number of fused-ring (bicyclic) bond motifs is 4. The molecule has 0 spiro atoms. The molecule has 2 fully saturated rings. The maximum atomic E-state index is 12.7. The quantitative estimate of drug-likeness (QED) is 0.796. The van der Waals surface area contributed by atoms with Gasteiger partial charge in [0.1, 0.15) is 0 Å². The van der Waals surface area contributed by atoms with Crippen molar-refractivity contribution in [2.45, 2.75) is 37.8 Å². The summed E-state index contributed by atoms with van der Waals surface area (Å²) >= 11 is 6.10. The number of amides is 1. The van der Waals surface area contributed by atoms with Crippen LogP contribution in [0, 0.1) is 5.92 Å². The van der Waals surface area contributed by atoms with E-state index in [1.165, 1.54) is 11.1 Å². The maximum Gasteiger partial charge on any atom is 0.227 e. The van der Waals surface area contributed by atoms with Gasteiger partial charge in [0.25, 0.3) is 0 Å². The van der Waals surface area contributed by atoms with E-state index in [0.29, 0.717) is 11.9 Å². The third-order valence-corrected chi connectivity index (χ3v) is 5.36. The Morgan fingerprint density at radius 3 is 3.15 bits per heavy atom. The van der Waals surface area contributed by atoms with Crippen molar-refractivity contribution in [2.75, 3.05) is 13.1 Å². The molecule has 3 nitrogen and oxygen atoms in total. The van der Waals surface area contributed by atoms with Gasteiger partial charge in [0.2, 0.25) is 5.91 Å². The molecule has 0 bridgehead atoms. The van der Waals surface area contributed by atoms with Gasteiger partial charge < -0.3 is 10.2 Å². The Morgan fingerprint density at radius 2 is 2.25 bits per heavy atom. The van der Waals surface area contributed by atoms with Gasteiger partial charge in [-0.15, -0.1) is 0 Å². The first-order valence-electron chi connectivity index (χ1n) is 7.56. The molecule has 0 aliphatic carbocycles. The first-order chi connectivity index (χ1) is 9.74. The first-order valence-corrected chi connectivity index (χ1v) is 7.94. The van der Waals surface area contributed by atoms with Gasteiger partial charge in [-0.3, -0.25) is 4.79 Å². The number of benzene rings is 1. The summed E-state index contributed by atoms with van der Waals surface area (Å²) in [5.74, 6) is 0.563. The molecule has 3 atom stereocenters. The average molecular weight is 291 g/mol. The molecule has 3 unspecified atom stereocenters. The van der Waals surface area contributed by atoms with E-state index in [2.05, 4.69) is 22.3 Å². The lowest BCUT2D eigenvalue weighted by atomic mass is 9.77. The van der Waals surface area contributed by atoms with Gasteiger partial charge in [-0.25, -0.2) is 0 Å². The second kappa shape index (κ2) is 4.74. The lowest BCUT2D eigenvalue weighted by molar-refractivity contribution is -0.145. The average Bonchev–Trinajstić information content (AvgIpc) is 2.47. The Balaban J connectivity index is 1.71. The van der Waals surface area contributed by atoms with Gasteiger partial charge in [-0.2, -0.15) is 0 Å². The number of carbonyl (C=O) groups excluding carboxylic acids is 1. The molecular formula is C16H19ClN2O. The van der Waals surface area contributed by atoms with E-state index in [4.69, 9.17) is 11.6 Å². The number of hydrogen-bond acceptors (Lipinski definition) is 2. The monoisotopic (exact) mass is 290 g/mol. The van der Waals surface area contributed by atoms with Crippen LogP contribution >= 0.6 is 11.6 Å². The fraction of sp³-hybridized carbons (Fsp3) is 0.562. The van der Waals surface area contributed by atoms with E-state index >= 15 is 0 Å². The largest absolute Gasteiger partial charge is 0.335 e. The SMILES string of the molecule is O=C1C2CCCNC2CC2c3ccc(Cl)cc3CCN12. The molecule has 106 valence electrons. The normalized spacial score (nSPS) is 32.4. The summed E-state index contributed by atoms with van der Waals surface area (Å²) in [6.07, 6.45) is 4.15. The molecule has 0 saturated carbocycles. The first kappa shape index (κ1) is 12.7. The Kier molecular flexibility index (Phi) is 3.00. The predicted molar refractivity (Wildman–Crippen MR) is 78.7 cm³/mol. The van der Waals surface area contributed by atoms with Crippen molar-refractivity contribution >= 4 is 17.5 Å². The molecule has 3 heterocycles. The molecule has 1 aromatic carbocycles. The van der Waals surface area contributed by atoms with Gasteiger partial charge in [-0.1, -0.05) is 17.7 Å². The number of hydrogen-bond donors (Lipinski definition) is 1. The topological polar surface area (TPSA) is 32.3 Å². The highest BCUT2D eigenvalue weighted by atomic mass is 35.5. The zero-order valence-electron chi connectivity index (χ0n) is 11.4. The second-order valence-corrected chi connectivity index (χ2v) is 6.62. The molecule has 1 N–H and O–H groups in total. The van der Waals surface area contributed by atoms with Crippen molar-refractivity contribution in [3.05, 3.63) is 34.3 Å². The molecule has 3 aliphatic rings. The molecule has 1 amide bonds. The van der Waals surface area contributed by atoms with Crippen LogP contribution in [0.4, 0.5) is 0 Å². The Labute approximate surface area is 124 Å². The highest BCUT2D eigenvalue weighted by Crippen LogP contribution is 2.41. The molecule has 4 heteroatoms. The van der Waals surface area contributed by atoms with Gasteiger partial charge in [0.15, 0.2) is 0 Å². The summed E-state index contributed by atoms with van der Waals surface area (Å²) in [5.41, 5.74) is 2.63. The summed E-state index contributed by atoms with van der Waals surface area (Å²) < 4.78 is 0. The summed E-state index contributed by atoms with van der Waals surface area (Å²) in [7, 11) is 0. The maximum absolute atomic E-state index is 12.7. The fourth-order valence-electron chi connectivity index (χ4n) is 4.15. The lowest BCUT2D eigenvalue weighted by Gasteiger charge is -2.48. The van der Waals surface area contributed by atoms with E-state index in [0.717, 1.165) is 43.8 Å². The minimum Gasteiger partial charge on any atom is -0.335 e. The standard InChI is InChI=1S/C16H19ClN2O/c17-11-3-4-12-10(8-11)5-7-19-15(12)9-14-13(16(19)20)2-1-6-18-14/h3-4,8,13-15,18H,1-2,5-7,9H2. The molecule has 3 aliphatic heterocycles. The van der Waals surface area contributed by atoms with Crippen LogP contribution in [0.3, 0.4) is 0 Å². The Morgan fingerprint density at radius 1 is 1.35 bits per heavy atom. The van der Waals surface area contributed by atoms with Crippen LogP contribution in [0.25, 0.3) is 0 Å².